The van der Waals surface area contributed by atoms with Crippen molar-refractivity contribution >= 4 is 5.69 Å². The van der Waals surface area contributed by atoms with Crippen LogP contribution in [0.4, 0.5) is 5.69 Å². The first-order valence-corrected chi connectivity index (χ1v) is 7.51. The summed E-state index contributed by atoms with van der Waals surface area (Å²) in [5.41, 5.74) is 7.14. The average molecular weight is 278 g/mol. The summed E-state index contributed by atoms with van der Waals surface area (Å²) < 4.78 is 11.4. The van der Waals surface area contributed by atoms with E-state index in [1.807, 2.05) is 26.0 Å². The number of para-hydroxylation sites is 2. The van der Waals surface area contributed by atoms with Crippen molar-refractivity contribution in [2.75, 3.05) is 31.2 Å². The lowest BCUT2D eigenvalue weighted by Crippen LogP contribution is -2.39. The Labute approximate surface area is 121 Å². The zero-order valence-corrected chi connectivity index (χ0v) is 12.5. The van der Waals surface area contributed by atoms with E-state index in [1.54, 1.807) is 0 Å². The first kappa shape index (κ1) is 15.1. The molecule has 0 unspecified atom stereocenters. The SMILES string of the molecule is CC(C)OCCOc1ccccc1N1CCC(N)CC1. The van der Waals surface area contributed by atoms with Crippen molar-refractivity contribution in [3.8, 4) is 5.75 Å². The Hall–Kier alpha value is -1.26. The van der Waals surface area contributed by atoms with Crippen LogP contribution in [0, 0.1) is 0 Å². The summed E-state index contributed by atoms with van der Waals surface area (Å²) in [6, 6.07) is 8.56. The van der Waals surface area contributed by atoms with Crippen LogP contribution >= 0.6 is 0 Å². The minimum absolute atomic E-state index is 0.248. The molecule has 4 nitrogen and oxygen atoms in total. The monoisotopic (exact) mass is 278 g/mol. The van der Waals surface area contributed by atoms with Crippen LogP contribution in [0.3, 0.4) is 0 Å². The molecular weight excluding hydrogens is 252 g/mol. The number of piperidine rings is 1. The van der Waals surface area contributed by atoms with Gasteiger partial charge in [-0.3, -0.25) is 0 Å². The zero-order chi connectivity index (χ0) is 14.4. The van der Waals surface area contributed by atoms with Crippen LogP contribution in [0.1, 0.15) is 26.7 Å². The third kappa shape index (κ3) is 4.39. The van der Waals surface area contributed by atoms with Gasteiger partial charge in [0, 0.05) is 19.1 Å². The normalized spacial score (nSPS) is 16.7. The van der Waals surface area contributed by atoms with Gasteiger partial charge in [-0.1, -0.05) is 12.1 Å². The van der Waals surface area contributed by atoms with Crippen LogP contribution in [0.15, 0.2) is 24.3 Å². The summed E-state index contributed by atoms with van der Waals surface area (Å²) >= 11 is 0. The summed E-state index contributed by atoms with van der Waals surface area (Å²) in [5, 5.41) is 0. The molecule has 0 atom stereocenters. The van der Waals surface area contributed by atoms with Crippen molar-refractivity contribution in [2.24, 2.45) is 5.73 Å². The lowest BCUT2D eigenvalue weighted by Gasteiger charge is -2.33. The highest BCUT2D eigenvalue weighted by atomic mass is 16.5. The molecule has 1 heterocycles. The van der Waals surface area contributed by atoms with E-state index in [9.17, 15) is 0 Å². The van der Waals surface area contributed by atoms with Gasteiger partial charge in [-0.05, 0) is 38.8 Å². The summed E-state index contributed by atoms with van der Waals surface area (Å²) in [7, 11) is 0. The number of anilines is 1. The van der Waals surface area contributed by atoms with Gasteiger partial charge >= 0.3 is 0 Å². The highest BCUT2D eigenvalue weighted by Gasteiger charge is 2.18. The topological polar surface area (TPSA) is 47.7 Å². The van der Waals surface area contributed by atoms with E-state index in [1.165, 1.54) is 5.69 Å². The molecule has 112 valence electrons. The standard InChI is InChI=1S/C16H26N2O2/c1-13(2)19-11-12-20-16-6-4-3-5-15(16)18-9-7-14(17)8-10-18/h3-6,13-14H,7-12,17H2,1-2H3. The molecule has 0 aliphatic carbocycles. The number of ether oxygens (including phenoxy) is 2. The first-order chi connectivity index (χ1) is 9.66. The maximum Gasteiger partial charge on any atom is 0.142 e. The fourth-order valence-electron chi connectivity index (χ4n) is 2.42. The molecule has 0 aromatic heterocycles. The molecule has 1 saturated heterocycles. The van der Waals surface area contributed by atoms with Gasteiger partial charge in [0.25, 0.3) is 0 Å². The van der Waals surface area contributed by atoms with Crippen LogP contribution in [0.25, 0.3) is 0 Å². The summed E-state index contributed by atoms with van der Waals surface area (Å²) in [6.07, 6.45) is 2.34. The minimum Gasteiger partial charge on any atom is -0.489 e. The fourth-order valence-corrected chi connectivity index (χ4v) is 2.42. The van der Waals surface area contributed by atoms with Gasteiger partial charge < -0.3 is 20.1 Å². The second kappa shape index (κ2) is 7.50. The van der Waals surface area contributed by atoms with Crippen molar-refractivity contribution < 1.29 is 9.47 Å². The van der Waals surface area contributed by atoms with Crippen molar-refractivity contribution in [2.45, 2.75) is 38.8 Å². The Balaban J connectivity index is 1.92. The molecule has 0 radical (unpaired) electrons. The van der Waals surface area contributed by atoms with Crippen LogP contribution in [-0.2, 0) is 4.74 Å². The molecule has 1 aliphatic rings. The number of rotatable bonds is 6. The predicted octanol–water partition coefficient (Wildman–Crippen LogP) is 2.42. The lowest BCUT2D eigenvalue weighted by molar-refractivity contribution is 0.0553. The van der Waals surface area contributed by atoms with E-state index < -0.39 is 0 Å². The summed E-state index contributed by atoms with van der Waals surface area (Å²) in [6.45, 7) is 7.28. The maximum absolute atomic E-state index is 5.97. The number of nitrogens with zero attached hydrogens (tertiary/aromatic N) is 1. The third-order valence-electron chi connectivity index (χ3n) is 3.54. The molecule has 4 heteroatoms. The van der Waals surface area contributed by atoms with Crippen LogP contribution in [0.5, 0.6) is 5.75 Å². The van der Waals surface area contributed by atoms with Crippen molar-refractivity contribution in [1.82, 2.24) is 0 Å². The second-order valence-electron chi connectivity index (χ2n) is 5.56. The molecule has 0 saturated carbocycles. The molecule has 0 bridgehead atoms. The molecule has 0 spiro atoms. The van der Waals surface area contributed by atoms with Gasteiger partial charge in [-0.2, -0.15) is 0 Å². The van der Waals surface area contributed by atoms with Crippen LogP contribution < -0.4 is 15.4 Å². The Morgan fingerprint density at radius 2 is 1.90 bits per heavy atom. The number of benzene rings is 1. The van der Waals surface area contributed by atoms with Crippen LogP contribution in [-0.4, -0.2) is 38.4 Å². The number of nitrogens with two attached hydrogens (primary N) is 1. The highest BCUT2D eigenvalue weighted by Crippen LogP contribution is 2.30. The van der Waals surface area contributed by atoms with Gasteiger partial charge in [0.15, 0.2) is 0 Å². The van der Waals surface area contributed by atoms with Crippen LogP contribution in [0.2, 0.25) is 0 Å². The van der Waals surface area contributed by atoms with Gasteiger partial charge in [-0.15, -0.1) is 0 Å². The molecule has 1 aromatic rings. The van der Waals surface area contributed by atoms with Gasteiger partial charge in [0.1, 0.15) is 12.4 Å². The van der Waals surface area contributed by atoms with Gasteiger partial charge in [0.05, 0.1) is 18.4 Å². The van der Waals surface area contributed by atoms with Gasteiger partial charge in [-0.25, -0.2) is 0 Å². The third-order valence-corrected chi connectivity index (χ3v) is 3.54. The van der Waals surface area contributed by atoms with Crippen molar-refractivity contribution in [3.05, 3.63) is 24.3 Å². The van der Waals surface area contributed by atoms with Gasteiger partial charge in [0.2, 0.25) is 0 Å². The maximum atomic E-state index is 5.97. The Kier molecular flexibility index (Phi) is 5.68. The van der Waals surface area contributed by atoms with E-state index in [4.69, 9.17) is 15.2 Å². The fraction of sp³-hybridized carbons (Fsp3) is 0.625. The van der Waals surface area contributed by atoms with E-state index in [2.05, 4.69) is 17.0 Å². The smallest absolute Gasteiger partial charge is 0.142 e. The molecule has 1 aliphatic heterocycles. The molecule has 1 fully saturated rings. The lowest BCUT2D eigenvalue weighted by atomic mass is 10.1. The van der Waals surface area contributed by atoms with E-state index in [0.717, 1.165) is 31.7 Å². The largest absolute Gasteiger partial charge is 0.489 e. The molecule has 0 amide bonds. The Morgan fingerprint density at radius 3 is 2.60 bits per heavy atom. The zero-order valence-electron chi connectivity index (χ0n) is 12.5. The average Bonchev–Trinajstić information content (AvgIpc) is 2.45. The predicted molar refractivity (Wildman–Crippen MR) is 82.4 cm³/mol. The van der Waals surface area contributed by atoms with Crippen molar-refractivity contribution in [3.63, 3.8) is 0 Å². The molecular formula is C16H26N2O2. The Bertz CT molecular complexity index is 401. The second-order valence-corrected chi connectivity index (χ2v) is 5.56. The highest BCUT2D eigenvalue weighted by molar-refractivity contribution is 5.58. The van der Waals surface area contributed by atoms with Crippen molar-refractivity contribution in [1.29, 1.82) is 0 Å². The first-order valence-electron chi connectivity index (χ1n) is 7.51. The molecule has 20 heavy (non-hydrogen) atoms. The van der Waals surface area contributed by atoms with E-state index in [-0.39, 0.29) is 6.10 Å². The Morgan fingerprint density at radius 1 is 1.20 bits per heavy atom. The molecule has 1 aromatic carbocycles. The summed E-state index contributed by atoms with van der Waals surface area (Å²) in [5.74, 6) is 0.940. The quantitative estimate of drug-likeness (QED) is 0.812. The molecule has 2 N–H and O–H groups in total. The van der Waals surface area contributed by atoms with E-state index in [0.29, 0.717) is 19.3 Å². The summed E-state index contributed by atoms with van der Waals surface area (Å²) in [4.78, 5) is 2.36. The minimum atomic E-state index is 0.248. The number of hydrogen-bond donors (Lipinski definition) is 1. The molecule has 2 rings (SSSR count). The number of hydrogen-bond acceptors (Lipinski definition) is 4. The van der Waals surface area contributed by atoms with E-state index >= 15 is 0 Å².